The number of piperazine rings is 1. The molecule has 0 aliphatic carbocycles. The molecule has 3 rings (SSSR count). The highest BCUT2D eigenvalue weighted by atomic mass is 16.5. The topological polar surface area (TPSA) is 70.1 Å². The van der Waals surface area contributed by atoms with Crippen molar-refractivity contribution in [3.05, 3.63) is 77.9 Å². The van der Waals surface area contributed by atoms with Crippen LogP contribution in [0, 0.1) is 0 Å². The van der Waals surface area contributed by atoms with Crippen molar-refractivity contribution in [2.75, 3.05) is 26.2 Å². The predicted octanol–water partition coefficient (Wildman–Crippen LogP) is 4.02. The largest absolute Gasteiger partial charge is 0.482 e. The number of carboxylic acids is 1. The third kappa shape index (κ3) is 5.64. The van der Waals surface area contributed by atoms with Crippen LogP contribution in [0.15, 0.2) is 61.2 Å². The van der Waals surface area contributed by atoms with Crippen LogP contribution in [0.3, 0.4) is 0 Å². The summed E-state index contributed by atoms with van der Waals surface area (Å²) in [5, 5.41) is 8.97. The maximum atomic E-state index is 11.8. The molecule has 1 N–H and O–H groups in total. The maximum Gasteiger partial charge on any atom is 0.341 e. The van der Waals surface area contributed by atoms with Crippen molar-refractivity contribution in [3.8, 4) is 5.75 Å². The lowest BCUT2D eigenvalue weighted by Gasteiger charge is -2.47. The van der Waals surface area contributed by atoms with Crippen molar-refractivity contribution in [3.63, 3.8) is 0 Å². The van der Waals surface area contributed by atoms with E-state index in [1.165, 1.54) is 0 Å². The lowest BCUT2D eigenvalue weighted by Crippen LogP contribution is -2.57. The monoisotopic (exact) mass is 436 g/mol. The Labute approximate surface area is 190 Å². The Balaban J connectivity index is 1.99. The minimum atomic E-state index is -1.01. The second kappa shape index (κ2) is 10.6. The van der Waals surface area contributed by atoms with Crippen LogP contribution in [0.5, 0.6) is 5.75 Å². The number of hydrogen-bond donors (Lipinski definition) is 1. The van der Waals surface area contributed by atoms with Gasteiger partial charge in [-0.05, 0) is 44.0 Å². The first-order valence-corrected chi connectivity index (χ1v) is 11.0. The normalized spacial score (nSPS) is 20.5. The van der Waals surface area contributed by atoms with Crippen LogP contribution in [0.2, 0.25) is 0 Å². The highest BCUT2D eigenvalue weighted by Gasteiger charge is 2.34. The molecule has 0 aromatic heterocycles. The molecule has 1 heterocycles. The van der Waals surface area contributed by atoms with E-state index in [2.05, 4.69) is 30.2 Å². The van der Waals surface area contributed by atoms with Gasteiger partial charge in [0.05, 0.1) is 6.04 Å². The Hall–Kier alpha value is -2.96. The number of carbonyl (C=O) groups is 2. The Morgan fingerprint density at radius 3 is 2.47 bits per heavy atom. The number of benzene rings is 2. The molecule has 1 fully saturated rings. The molecule has 1 saturated heterocycles. The van der Waals surface area contributed by atoms with Crippen LogP contribution in [-0.2, 0) is 4.79 Å². The zero-order valence-corrected chi connectivity index (χ0v) is 19.0. The van der Waals surface area contributed by atoms with E-state index in [1.54, 1.807) is 13.0 Å². The fourth-order valence-corrected chi connectivity index (χ4v) is 4.40. The first kappa shape index (κ1) is 23.7. The van der Waals surface area contributed by atoms with Crippen LogP contribution >= 0.6 is 0 Å². The summed E-state index contributed by atoms with van der Waals surface area (Å²) in [6.07, 6.45) is 1.94. The first-order valence-electron chi connectivity index (χ1n) is 11.0. The number of hydrogen-bond acceptors (Lipinski definition) is 5. The first-order chi connectivity index (χ1) is 15.3. The predicted molar refractivity (Wildman–Crippen MR) is 125 cm³/mol. The SMILES string of the molecule is C=CCN1C[C@H](C)N(C(c2ccc(C(C)=O)cc2)c2cccc(OCC(=O)O)c2)C[C@H]1C. The van der Waals surface area contributed by atoms with Gasteiger partial charge in [0.2, 0.25) is 0 Å². The Morgan fingerprint density at radius 1 is 1.12 bits per heavy atom. The van der Waals surface area contributed by atoms with Gasteiger partial charge in [0.15, 0.2) is 12.4 Å². The van der Waals surface area contributed by atoms with Crippen LogP contribution in [0.25, 0.3) is 0 Å². The van der Waals surface area contributed by atoms with Crippen molar-refractivity contribution >= 4 is 11.8 Å². The molecule has 0 bridgehead atoms. The standard InChI is InChI=1S/C26H32N2O4/c1-5-13-27-15-19(3)28(16-18(27)2)26(22-11-9-21(10-12-22)20(4)29)23-7-6-8-24(14-23)32-17-25(30)31/h5-12,14,18-19,26H,1,13,15-17H2,2-4H3,(H,30,31)/t18-,19+,26?/m1/s1. The molecule has 0 amide bonds. The highest BCUT2D eigenvalue weighted by Crippen LogP contribution is 2.34. The average Bonchev–Trinajstić information content (AvgIpc) is 2.76. The van der Waals surface area contributed by atoms with E-state index in [9.17, 15) is 9.59 Å². The van der Waals surface area contributed by atoms with Crippen molar-refractivity contribution in [1.29, 1.82) is 0 Å². The summed E-state index contributed by atoms with van der Waals surface area (Å²) in [6.45, 7) is 12.2. The molecule has 170 valence electrons. The van der Waals surface area contributed by atoms with Gasteiger partial charge < -0.3 is 9.84 Å². The van der Waals surface area contributed by atoms with Gasteiger partial charge in [-0.3, -0.25) is 14.6 Å². The van der Waals surface area contributed by atoms with E-state index in [1.807, 2.05) is 48.5 Å². The van der Waals surface area contributed by atoms with Gasteiger partial charge in [0, 0.05) is 37.3 Å². The third-order valence-corrected chi connectivity index (χ3v) is 6.03. The number of Topliss-reactive ketones (excluding diaryl/α,β-unsaturated/α-hetero) is 1. The summed E-state index contributed by atoms with van der Waals surface area (Å²) in [5.41, 5.74) is 2.80. The summed E-state index contributed by atoms with van der Waals surface area (Å²) >= 11 is 0. The van der Waals surface area contributed by atoms with Crippen molar-refractivity contribution < 1.29 is 19.4 Å². The van der Waals surface area contributed by atoms with Crippen LogP contribution in [0.4, 0.5) is 0 Å². The van der Waals surface area contributed by atoms with Crippen molar-refractivity contribution in [2.24, 2.45) is 0 Å². The number of carboxylic acid groups (broad SMARTS) is 1. The molecule has 6 nitrogen and oxygen atoms in total. The molecule has 2 aromatic carbocycles. The van der Waals surface area contributed by atoms with Gasteiger partial charge in [0.25, 0.3) is 0 Å². The van der Waals surface area contributed by atoms with Crippen molar-refractivity contribution in [2.45, 2.75) is 38.9 Å². The molecule has 0 spiro atoms. The second-order valence-electron chi connectivity index (χ2n) is 8.47. The number of rotatable bonds is 9. The molecule has 2 aromatic rings. The fraction of sp³-hybridized carbons (Fsp3) is 0.385. The second-order valence-corrected chi connectivity index (χ2v) is 8.47. The molecule has 1 aliphatic rings. The quantitative estimate of drug-likeness (QED) is 0.473. The molecule has 0 radical (unpaired) electrons. The van der Waals surface area contributed by atoms with Gasteiger partial charge in [0.1, 0.15) is 5.75 Å². The minimum Gasteiger partial charge on any atom is -0.482 e. The van der Waals surface area contributed by atoms with Gasteiger partial charge in [-0.1, -0.05) is 42.5 Å². The molecule has 0 saturated carbocycles. The maximum absolute atomic E-state index is 11.8. The molecule has 6 heteroatoms. The van der Waals surface area contributed by atoms with Crippen molar-refractivity contribution in [1.82, 2.24) is 9.80 Å². The van der Waals surface area contributed by atoms with Crippen LogP contribution in [-0.4, -0.2) is 65.0 Å². The molecular formula is C26H32N2O4. The molecule has 1 unspecified atom stereocenters. The summed E-state index contributed by atoms with van der Waals surface area (Å²) in [4.78, 5) is 27.6. The van der Waals surface area contributed by atoms with Gasteiger partial charge in [-0.15, -0.1) is 6.58 Å². The highest BCUT2D eigenvalue weighted by molar-refractivity contribution is 5.94. The lowest BCUT2D eigenvalue weighted by molar-refractivity contribution is -0.139. The van der Waals surface area contributed by atoms with Crippen LogP contribution in [0.1, 0.15) is 48.3 Å². The zero-order valence-electron chi connectivity index (χ0n) is 19.0. The average molecular weight is 437 g/mol. The summed E-state index contributed by atoms with van der Waals surface area (Å²) < 4.78 is 5.45. The Bertz CT molecular complexity index is 957. The summed E-state index contributed by atoms with van der Waals surface area (Å²) in [5.74, 6) is -0.439. The molecule has 3 atom stereocenters. The van der Waals surface area contributed by atoms with Gasteiger partial charge in [-0.25, -0.2) is 4.79 Å². The van der Waals surface area contributed by atoms with E-state index in [0.29, 0.717) is 17.4 Å². The molecule has 32 heavy (non-hydrogen) atoms. The van der Waals surface area contributed by atoms with Gasteiger partial charge >= 0.3 is 5.97 Å². The zero-order chi connectivity index (χ0) is 23.3. The minimum absolute atomic E-state index is 0.0391. The van der Waals surface area contributed by atoms with Gasteiger partial charge in [-0.2, -0.15) is 0 Å². The van der Waals surface area contributed by atoms with E-state index in [0.717, 1.165) is 30.8 Å². The number of aliphatic carboxylic acids is 1. The summed E-state index contributed by atoms with van der Waals surface area (Å²) in [7, 11) is 0. The van der Waals surface area contributed by atoms with Crippen LogP contribution < -0.4 is 4.74 Å². The van der Waals surface area contributed by atoms with E-state index >= 15 is 0 Å². The smallest absolute Gasteiger partial charge is 0.341 e. The van der Waals surface area contributed by atoms with E-state index in [-0.39, 0.29) is 24.5 Å². The fourth-order valence-electron chi connectivity index (χ4n) is 4.40. The number of ketones is 1. The van der Waals surface area contributed by atoms with E-state index in [4.69, 9.17) is 9.84 Å². The number of nitrogens with zero attached hydrogens (tertiary/aromatic N) is 2. The number of ether oxygens (including phenoxy) is 1. The third-order valence-electron chi connectivity index (χ3n) is 6.03. The molecular weight excluding hydrogens is 404 g/mol. The molecule has 1 aliphatic heterocycles. The lowest BCUT2D eigenvalue weighted by atomic mass is 9.92. The number of carbonyl (C=O) groups excluding carboxylic acids is 1. The van der Waals surface area contributed by atoms with E-state index < -0.39 is 5.97 Å². The Morgan fingerprint density at radius 2 is 1.84 bits per heavy atom. The Kier molecular flexibility index (Phi) is 7.83. The summed E-state index contributed by atoms with van der Waals surface area (Å²) in [6, 6.07) is 16.0.